The van der Waals surface area contributed by atoms with Crippen molar-refractivity contribution in [1.82, 2.24) is 4.90 Å². The second-order valence-electron chi connectivity index (χ2n) is 8.93. The van der Waals surface area contributed by atoms with Crippen LogP contribution in [0, 0.1) is 5.92 Å². The quantitative estimate of drug-likeness (QED) is 0.646. The van der Waals surface area contributed by atoms with Gasteiger partial charge in [0.05, 0.1) is 6.61 Å². The minimum Gasteiger partial charge on any atom is -0.494 e. The fraction of sp³-hybridized carbons (Fsp3) is 0.667. The van der Waals surface area contributed by atoms with Gasteiger partial charge in [-0.3, -0.25) is 9.59 Å². The topological polar surface area (TPSA) is 58.6 Å². The number of benzene rings is 1. The summed E-state index contributed by atoms with van der Waals surface area (Å²) >= 11 is 0. The zero-order valence-electron chi connectivity index (χ0n) is 17.6. The van der Waals surface area contributed by atoms with Crippen LogP contribution in [0.15, 0.2) is 18.2 Å². The van der Waals surface area contributed by atoms with E-state index in [2.05, 4.69) is 17.1 Å². The van der Waals surface area contributed by atoms with E-state index in [1.165, 1.54) is 44.9 Å². The summed E-state index contributed by atoms with van der Waals surface area (Å²) in [5.74, 6) is 2.09. The average Bonchev–Trinajstić information content (AvgIpc) is 3.57. The number of carbonyl (C=O) groups excluding carboxylic acids is 2. The Hall–Kier alpha value is -2.04. The third-order valence-corrected chi connectivity index (χ3v) is 6.79. The lowest BCUT2D eigenvalue weighted by Crippen LogP contribution is -2.43. The van der Waals surface area contributed by atoms with E-state index in [0.29, 0.717) is 37.4 Å². The highest BCUT2D eigenvalue weighted by atomic mass is 16.5. The number of ether oxygens (including phenoxy) is 1. The highest BCUT2D eigenvalue weighted by Crippen LogP contribution is 2.36. The molecule has 0 atom stereocenters. The van der Waals surface area contributed by atoms with Crippen LogP contribution >= 0.6 is 0 Å². The number of hydrogen-bond acceptors (Lipinski definition) is 3. The van der Waals surface area contributed by atoms with Crippen molar-refractivity contribution in [3.63, 3.8) is 0 Å². The van der Waals surface area contributed by atoms with E-state index in [0.717, 1.165) is 35.8 Å². The van der Waals surface area contributed by atoms with Crippen LogP contribution < -0.4 is 10.1 Å². The van der Waals surface area contributed by atoms with E-state index in [-0.39, 0.29) is 5.91 Å². The average molecular weight is 399 g/mol. The molecule has 2 amide bonds. The Morgan fingerprint density at radius 2 is 1.83 bits per heavy atom. The number of fused-ring (bicyclic) bond motifs is 1. The maximum absolute atomic E-state index is 12.9. The van der Waals surface area contributed by atoms with Crippen molar-refractivity contribution < 1.29 is 14.3 Å². The van der Waals surface area contributed by atoms with Crippen LogP contribution in [0.5, 0.6) is 5.75 Å². The van der Waals surface area contributed by atoms with Crippen molar-refractivity contribution in [3.8, 4) is 5.75 Å². The molecule has 5 nitrogen and oxygen atoms in total. The first-order valence-corrected chi connectivity index (χ1v) is 11.5. The fourth-order valence-corrected chi connectivity index (χ4v) is 4.88. The zero-order valence-corrected chi connectivity index (χ0v) is 17.6. The van der Waals surface area contributed by atoms with Gasteiger partial charge in [0.2, 0.25) is 11.8 Å². The standard InChI is InChI=1S/C24H34N2O3/c1-2-17-5-8-19(9-6-17)26(20-10-11-20)24(28)4-3-15-29-21-12-13-22-18(16-21)7-14-23(27)25-22/h12-13,16-17,19-20H,2-11,14-15H2,1H3,(H,25,27). The monoisotopic (exact) mass is 398 g/mol. The third kappa shape index (κ3) is 5.12. The highest BCUT2D eigenvalue weighted by Gasteiger charge is 2.38. The Labute approximate surface area is 174 Å². The molecule has 0 unspecified atom stereocenters. The first kappa shape index (κ1) is 20.2. The number of rotatable bonds is 8. The van der Waals surface area contributed by atoms with Crippen molar-refractivity contribution in [1.29, 1.82) is 0 Å². The van der Waals surface area contributed by atoms with Crippen molar-refractivity contribution in [2.24, 2.45) is 5.92 Å². The SMILES string of the molecule is CCC1CCC(N(C(=O)CCCOc2ccc3c(c2)CCC(=O)N3)C2CC2)CC1. The maximum atomic E-state index is 12.9. The Bertz CT molecular complexity index is 736. The molecule has 1 aromatic carbocycles. The first-order valence-electron chi connectivity index (χ1n) is 11.5. The van der Waals surface area contributed by atoms with Crippen LogP contribution in [0.3, 0.4) is 0 Å². The predicted octanol–water partition coefficient (Wildman–Crippen LogP) is 4.69. The van der Waals surface area contributed by atoms with Crippen molar-refractivity contribution >= 4 is 17.5 Å². The number of hydrogen-bond donors (Lipinski definition) is 1. The summed E-state index contributed by atoms with van der Waals surface area (Å²) in [6, 6.07) is 6.79. The summed E-state index contributed by atoms with van der Waals surface area (Å²) in [4.78, 5) is 26.6. The van der Waals surface area contributed by atoms with Crippen LogP contribution in [-0.4, -0.2) is 35.4 Å². The molecule has 29 heavy (non-hydrogen) atoms. The molecule has 1 aliphatic heterocycles. The highest BCUT2D eigenvalue weighted by molar-refractivity contribution is 5.94. The van der Waals surface area contributed by atoms with Gasteiger partial charge in [-0.15, -0.1) is 0 Å². The smallest absolute Gasteiger partial charge is 0.224 e. The number of anilines is 1. The van der Waals surface area contributed by atoms with E-state index in [1.807, 2.05) is 18.2 Å². The van der Waals surface area contributed by atoms with E-state index >= 15 is 0 Å². The molecule has 1 aromatic rings. The summed E-state index contributed by atoms with van der Waals surface area (Å²) in [6.45, 7) is 2.84. The summed E-state index contributed by atoms with van der Waals surface area (Å²) in [5.41, 5.74) is 2.02. The van der Waals surface area contributed by atoms with E-state index < -0.39 is 0 Å². The summed E-state index contributed by atoms with van der Waals surface area (Å²) in [6.07, 6.45) is 11.2. The number of amides is 2. The summed E-state index contributed by atoms with van der Waals surface area (Å²) < 4.78 is 5.90. The molecule has 0 spiro atoms. The molecule has 2 fully saturated rings. The normalized spacial score (nSPS) is 23.8. The van der Waals surface area contributed by atoms with E-state index in [1.54, 1.807) is 0 Å². The minimum atomic E-state index is 0.0769. The Balaban J connectivity index is 1.23. The molecule has 1 heterocycles. The van der Waals surface area contributed by atoms with Crippen molar-refractivity contribution in [3.05, 3.63) is 23.8 Å². The minimum absolute atomic E-state index is 0.0769. The predicted molar refractivity (Wildman–Crippen MR) is 114 cm³/mol. The second-order valence-corrected chi connectivity index (χ2v) is 8.93. The second kappa shape index (κ2) is 9.19. The maximum Gasteiger partial charge on any atom is 0.224 e. The molecule has 0 bridgehead atoms. The molecular weight excluding hydrogens is 364 g/mol. The fourth-order valence-electron chi connectivity index (χ4n) is 4.88. The van der Waals surface area contributed by atoms with Gasteiger partial charge in [0.15, 0.2) is 0 Å². The van der Waals surface area contributed by atoms with E-state index in [4.69, 9.17) is 4.74 Å². The molecule has 1 N–H and O–H groups in total. The van der Waals surface area contributed by atoms with Crippen LogP contribution in [0.25, 0.3) is 0 Å². The van der Waals surface area contributed by atoms with Gasteiger partial charge < -0.3 is 15.0 Å². The molecular formula is C24H34N2O3. The van der Waals surface area contributed by atoms with Gasteiger partial charge in [0.25, 0.3) is 0 Å². The van der Waals surface area contributed by atoms with Crippen LogP contribution in [0.1, 0.15) is 76.7 Å². The van der Waals surface area contributed by atoms with Crippen molar-refractivity contribution in [2.45, 2.75) is 89.6 Å². The molecule has 158 valence electrons. The van der Waals surface area contributed by atoms with Gasteiger partial charge in [-0.05, 0) is 81.0 Å². The van der Waals surface area contributed by atoms with Gasteiger partial charge in [0.1, 0.15) is 5.75 Å². The number of carbonyl (C=O) groups is 2. The molecule has 4 rings (SSSR count). The summed E-state index contributed by atoms with van der Waals surface area (Å²) in [5, 5.41) is 2.89. The van der Waals surface area contributed by atoms with Crippen LogP contribution in [0.2, 0.25) is 0 Å². The van der Waals surface area contributed by atoms with Gasteiger partial charge in [-0.25, -0.2) is 0 Å². The van der Waals surface area contributed by atoms with Crippen LogP contribution in [-0.2, 0) is 16.0 Å². The van der Waals surface area contributed by atoms with Crippen LogP contribution in [0.4, 0.5) is 5.69 Å². The lowest BCUT2D eigenvalue weighted by molar-refractivity contribution is -0.135. The summed E-state index contributed by atoms with van der Waals surface area (Å²) in [7, 11) is 0. The Morgan fingerprint density at radius 1 is 1.10 bits per heavy atom. The number of aryl methyl sites for hydroxylation is 1. The first-order chi connectivity index (χ1) is 14.1. The number of nitrogens with one attached hydrogen (secondary N) is 1. The van der Waals surface area contributed by atoms with Gasteiger partial charge in [-0.2, -0.15) is 0 Å². The molecule has 0 saturated heterocycles. The van der Waals surface area contributed by atoms with E-state index in [9.17, 15) is 9.59 Å². The third-order valence-electron chi connectivity index (χ3n) is 6.79. The van der Waals surface area contributed by atoms with Gasteiger partial charge >= 0.3 is 0 Å². The van der Waals surface area contributed by atoms with Crippen molar-refractivity contribution in [2.75, 3.05) is 11.9 Å². The van der Waals surface area contributed by atoms with Gasteiger partial charge in [-0.1, -0.05) is 13.3 Å². The Kier molecular flexibility index (Phi) is 6.41. The largest absolute Gasteiger partial charge is 0.494 e. The molecule has 5 heteroatoms. The molecule has 2 saturated carbocycles. The lowest BCUT2D eigenvalue weighted by Gasteiger charge is -2.37. The lowest BCUT2D eigenvalue weighted by atomic mass is 9.83. The number of nitrogens with zero attached hydrogens (tertiary/aromatic N) is 1. The van der Waals surface area contributed by atoms with Gasteiger partial charge in [0, 0.05) is 30.6 Å². The Morgan fingerprint density at radius 3 is 2.52 bits per heavy atom. The molecule has 0 aromatic heterocycles. The zero-order chi connectivity index (χ0) is 20.2. The molecule has 2 aliphatic carbocycles. The molecule has 3 aliphatic rings. The molecule has 0 radical (unpaired) electrons.